The van der Waals surface area contributed by atoms with E-state index in [4.69, 9.17) is 27.9 Å². The van der Waals surface area contributed by atoms with E-state index < -0.39 is 0 Å². The lowest BCUT2D eigenvalue weighted by molar-refractivity contribution is 0.406. The van der Waals surface area contributed by atoms with Gasteiger partial charge >= 0.3 is 0 Å². The first-order valence-corrected chi connectivity index (χ1v) is 8.49. The largest absolute Gasteiger partial charge is 0.497 e. The standard InChI is InChI=1S/C19H17Cl2NO/c1-23-12-5-2-4-11(10-12)18-14-7-3-6-13(14)15-8-9-16(20)17(21)19(15)22-18/h2-6,8-10,13-14,18,22H,7H2,1H3/t13-,14+,18+/m1/s1. The van der Waals surface area contributed by atoms with Gasteiger partial charge < -0.3 is 10.1 Å². The minimum absolute atomic E-state index is 0.188. The number of nitrogens with one attached hydrogen (secondary N) is 1. The summed E-state index contributed by atoms with van der Waals surface area (Å²) in [5.74, 6) is 1.72. The molecule has 0 amide bonds. The molecule has 1 aliphatic carbocycles. The maximum Gasteiger partial charge on any atom is 0.119 e. The number of methoxy groups -OCH3 is 1. The number of hydrogen-bond acceptors (Lipinski definition) is 2. The highest BCUT2D eigenvalue weighted by Crippen LogP contribution is 2.52. The smallest absolute Gasteiger partial charge is 0.119 e. The molecule has 23 heavy (non-hydrogen) atoms. The maximum atomic E-state index is 6.47. The van der Waals surface area contributed by atoms with Crippen molar-refractivity contribution < 1.29 is 4.74 Å². The Bertz CT molecular complexity index is 787. The van der Waals surface area contributed by atoms with Gasteiger partial charge in [0, 0.05) is 5.92 Å². The molecule has 118 valence electrons. The Labute approximate surface area is 146 Å². The molecule has 0 saturated carbocycles. The predicted molar refractivity (Wildman–Crippen MR) is 95.8 cm³/mol. The first-order chi connectivity index (χ1) is 11.2. The van der Waals surface area contributed by atoms with Crippen molar-refractivity contribution in [3.05, 3.63) is 69.7 Å². The fourth-order valence-corrected chi connectivity index (χ4v) is 4.15. The van der Waals surface area contributed by atoms with Gasteiger partial charge in [0.15, 0.2) is 0 Å². The van der Waals surface area contributed by atoms with Crippen molar-refractivity contribution in [3.63, 3.8) is 0 Å². The van der Waals surface area contributed by atoms with Crippen LogP contribution in [0.15, 0.2) is 48.6 Å². The minimum Gasteiger partial charge on any atom is -0.497 e. The van der Waals surface area contributed by atoms with Crippen LogP contribution in [-0.4, -0.2) is 7.11 Å². The molecule has 4 rings (SSSR count). The van der Waals surface area contributed by atoms with E-state index in [1.165, 1.54) is 11.1 Å². The molecule has 4 heteroatoms. The highest BCUT2D eigenvalue weighted by atomic mass is 35.5. The SMILES string of the molecule is COc1cccc([C@@H]2Nc3c(ccc(Cl)c3Cl)[C@@H]3C=CC[C@@H]32)c1. The summed E-state index contributed by atoms with van der Waals surface area (Å²) in [7, 11) is 1.69. The first kappa shape index (κ1) is 14.9. The Morgan fingerprint density at radius 3 is 2.87 bits per heavy atom. The van der Waals surface area contributed by atoms with Gasteiger partial charge in [0.05, 0.1) is 28.9 Å². The van der Waals surface area contributed by atoms with Crippen LogP contribution in [0.4, 0.5) is 5.69 Å². The summed E-state index contributed by atoms with van der Waals surface area (Å²) in [5.41, 5.74) is 3.40. The summed E-state index contributed by atoms with van der Waals surface area (Å²) in [6, 6.07) is 12.4. The highest BCUT2D eigenvalue weighted by Gasteiger charge is 2.39. The molecule has 0 radical (unpaired) electrons. The van der Waals surface area contributed by atoms with Gasteiger partial charge in [-0.05, 0) is 41.7 Å². The second-order valence-corrected chi connectivity index (χ2v) is 6.86. The topological polar surface area (TPSA) is 21.3 Å². The Balaban J connectivity index is 1.82. The molecular formula is C19H17Cl2NO. The zero-order chi connectivity index (χ0) is 16.0. The number of hydrogen-bond donors (Lipinski definition) is 1. The van der Waals surface area contributed by atoms with Crippen LogP contribution in [0, 0.1) is 5.92 Å². The normalized spacial score (nSPS) is 24.7. The van der Waals surface area contributed by atoms with Gasteiger partial charge in [0.25, 0.3) is 0 Å². The zero-order valence-electron chi connectivity index (χ0n) is 12.7. The van der Waals surface area contributed by atoms with Gasteiger partial charge in [-0.2, -0.15) is 0 Å². The van der Waals surface area contributed by atoms with Crippen molar-refractivity contribution in [1.82, 2.24) is 0 Å². The van der Waals surface area contributed by atoms with Crippen LogP contribution < -0.4 is 10.1 Å². The van der Waals surface area contributed by atoms with E-state index >= 15 is 0 Å². The van der Waals surface area contributed by atoms with Gasteiger partial charge in [-0.1, -0.05) is 53.6 Å². The monoisotopic (exact) mass is 345 g/mol. The fourth-order valence-electron chi connectivity index (χ4n) is 3.77. The number of benzene rings is 2. The van der Waals surface area contributed by atoms with E-state index in [0.29, 0.717) is 21.9 Å². The number of fused-ring (bicyclic) bond motifs is 3. The van der Waals surface area contributed by atoms with Crippen molar-refractivity contribution in [2.45, 2.75) is 18.4 Å². The van der Waals surface area contributed by atoms with Crippen LogP contribution >= 0.6 is 23.2 Å². The lowest BCUT2D eigenvalue weighted by atomic mass is 9.77. The zero-order valence-corrected chi connectivity index (χ0v) is 14.2. The summed E-state index contributed by atoms with van der Waals surface area (Å²) < 4.78 is 5.38. The molecule has 2 aromatic rings. The molecule has 2 aliphatic rings. The Morgan fingerprint density at radius 1 is 1.17 bits per heavy atom. The van der Waals surface area contributed by atoms with Gasteiger partial charge in [-0.3, -0.25) is 0 Å². The van der Waals surface area contributed by atoms with Crippen LogP contribution in [0.5, 0.6) is 5.75 Å². The number of ether oxygens (including phenoxy) is 1. The summed E-state index contributed by atoms with van der Waals surface area (Å²) in [5, 5.41) is 4.83. The lowest BCUT2D eigenvalue weighted by Gasteiger charge is -2.38. The number of halogens is 2. The fraction of sp³-hybridized carbons (Fsp3) is 0.263. The third kappa shape index (κ3) is 2.41. The Hall–Kier alpha value is -1.64. The number of rotatable bonds is 2. The third-order valence-corrected chi connectivity index (χ3v) is 5.68. The number of allylic oxidation sites excluding steroid dienone is 2. The molecule has 3 atom stereocenters. The predicted octanol–water partition coefficient (Wildman–Crippen LogP) is 5.83. The average molecular weight is 346 g/mol. The van der Waals surface area contributed by atoms with Crippen molar-refractivity contribution in [2.24, 2.45) is 5.92 Å². The second-order valence-electron chi connectivity index (χ2n) is 6.08. The van der Waals surface area contributed by atoms with Crippen LogP contribution in [0.2, 0.25) is 10.0 Å². The maximum absolute atomic E-state index is 6.47. The molecular weight excluding hydrogens is 329 g/mol. The van der Waals surface area contributed by atoms with Crippen LogP contribution in [0.3, 0.4) is 0 Å². The van der Waals surface area contributed by atoms with Crippen molar-refractivity contribution in [1.29, 1.82) is 0 Å². The van der Waals surface area contributed by atoms with Gasteiger partial charge in [-0.25, -0.2) is 0 Å². The molecule has 2 aromatic carbocycles. The summed E-state index contributed by atoms with van der Waals surface area (Å²) in [4.78, 5) is 0. The first-order valence-electron chi connectivity index (χ1n) is 7.74. The molecule has 0 bridgehead atoms. The summed E-state index contributed by atoms with van der Waals surface area (Å²) in [6.07, 6.45) is 5.61. The van der Waals surface area contributed by atoms with Crippen molar-refractivity contribution >= 4 is 28.9 Å². The van der Waals surface area contributed by atoms with Crippen LogP contribution in [0.1, 0.15) is 29.5 Å². The van der Waals surface area contributed by atoms with Crippen molar-refractivity contribution in [2.75, 3.05) is 12.4 Å². The van der Waals surface area contributed by atoms with E-state index in [0.717, 1.165) is 17.9 Å². The van der Waals surface area contributed by atoms with Crippen LogP contribution in [0.25, 0.3) is 0 Å². The quantitative estimate of drug-likeness (QED) is 0.691. The molecule has 0 spiro atoms. The molecule has 0 fully saturated rings. The van der Waals surface area contributed by atoms with Crippen LogP contribution in [-0.2, 0) is 0 Å². The highest BCUT2D eigenvalue weighted by molar-refractivity contribution is 6.43. The Kier molecular flexibility index (Phi) is 3.74. The van der Waals surface area contributed by atoms with E-state index in [9.17, 15) is 0 Å². The summed E-state index contributed by atoms with van der Waals surface area (Å²) in [6.45, 7) is 0. The van der Waals surface area contributed by atoms with E-state index in [2.05, 4.69) is 35.7 Å². The third-order valence-electron chi connectivity index (χ3n) is 4.88. The van der Waals surface area contributed by atoms with Gasteiger partial charge in [0.1, 0.15) is 5.75 Å². The van der Waals surface area contributed by atoms with Gasteiger partial charge in [0.2, 0.25) is 0 Å². The van der Waals surface area contributed by atoms with E-state index in [1.807, 2.05) is 18.2 Å². The molecule has 1 N–H and O–H groups in total. The van der Waals surface area contributed by atoms with Gasteiger partial charge in [-0.15, -0.1) is 0 Å². The van der Waals surface area contributed by atoms with E-state index in [-0.39, 0.29) is 6.04 Å². The molecule has 0 unspecified atom stereocenters. The summed E-state index contributed by atoms with van der Waals surface area (Å²) >= 11 is 12.7. The Morgan fingerprint density at radius 2 is 2.04 bits per heavy atom. The molecule has 2 nitrogen and oxygen atoms in total. The molecule has 0 aromatic heterocycles. The van der Waals surface area contributed by atoms with E-state index in [1.54, 1.807) is 7.11 Å². The number of anilines is 1. The molecule has 0 saturated heterocycles. The molecule has 1 aliphatic heterocycles. The van der Waals surface area contributed by atoms with Crippen molar-refractivity contribution in [3.8, 4) is 5.75 Å². The molecule has 1 heterocycles. The minimum atomic E-state index is 0.188. The second kappa shape index (κ2) is 5.77. The lowest BCUT2D eigenvalue weighted by Crippen LogP contribution is -2.29. The average Bonchev–Trinajstić information content (AvgIpc) is 3.07.